The van der Waals surface area contributed by atoms with Crippen molar-refractivity contribution >= 4 is 23.1 Å². The molecule has 0 bridgehead atoms. The number of nitrogens with zero attached hydrogens (tertiary/aromatic N) is 1. The number of ketones is 1. The van der Waals surface area contributed by atoms with Crippen molar-refractivity contribution in [2.45, 2.75) is 12.8 Å². The van der Waals surface area contributed by atoms with Crippen molar-refractivity contribution in [3.05, 3.63) is 58.6 Å². The molecule has 0 aromatic heterocycles. The Morgan fingerprint density at radius 1 is 1.27 bits per heavy atom. The van der Waals surface area contributed by atoms with E-state index in [1.807, 2.05) is 12.1 Å². The van der Waals surface area contributed by atoms with Crippen molar-refractivity contribution in [2.24, 2.45) is 0 Å². The lowest BCUT2D eigenvalue weighted by molar-refractivity contribution is 0.0998. The molecule has 114 valence electrons. The van der Waals surface area contributed by atoms with Crippen molar-refractivity contribution in [1.29, 1.82) is 0 Å². The van der Waals surface area contributed by atoms with Crippen LogP contribution in [0.4, 0.5) is 5.69 Å². The average Bonchev–Trinajstić information content (AvgIpc) is 2.55. The second kappa shape index (κ2) is 6.41. The van der Waals surface area contributed by atoms with Crippen LogP contribution in [-0.2, 0) is 6.42 Å². The van der Waals surface area contributed by atoms with E-state index in [0.29, 0.717) is 22.9 Å². The molecule has 1 heterocycles. The van der Waals surface area contributed by atoms with Gasteiger partial charge in [0, 0.05) is 17.8 Å². The molecule has 1 aliphatic heterocycles. The number of carbonyl (C=O) groups excluding carboxylic acids is 1. The van der Waals surface area contributed by atoms with Gasteiger partial charge in [0.1, 0.15) is 5.75 Å². The zero-order chi connectivity index (χ0) is 15.5. The number of Topliss-reactive ketones (excluding diaryl/α,β-unsaturated/α-hetero) is 1. The fourth-order valence-corrected chi connectivity index (χ4v) is 3.10. The summed E-state index contributed by atoms with van der Waals surface area (Å²) in [5, 5.41) is 0.469. The molecule has 0 saturated carbocycles. The Balaban J connectivity index is 1.84. The van der Waals surface area contributed by atoms with Crippen molar-refractivity contribution < 1.29 is 9.53 Å². The molecule has 3 nitrogen and oxygen atoms in total. The van der Waals surface area contributed by atoms with Crippen molar-refractivity contribution in [3.8, 4) is 5.75 Å². The molecular formula is C18H18ClNO2. The van der Waals surface area contributed by atoms with Crippen molar-refractivity contribution in [2.75, 3.05) is 25.1 Å². The van der Waals surface area contributed by atoms with Crippen LogP contribution in [0.1, 0.15) is 22.3 Å². The van der Waals surface area contributed by atoms with E-state index >= 15 is 0 Å². The van der Waals surface area contributed by atoms with Crippen molar-refractivity contribution in [3.63, 3.8) is 0 Å². The maximum atomic E-state index is 12.6. The number of rotatable bonds is 4. The molecule has 0 atom stereocenters. The first-order chi connectivity index (χ1) is 10.7. The largest absolute Gasteiger partial charge is 0.497 e. The number of aryl methyl sites for hydroxylation is 1. The molecule has 0 spiro atoms. The predicted molar refractivity (Wildman–Crippen MR) is 89.3 cm³/mol. The minimum absolute atomic E-state index is 0.0144. The second-order valence-corrected chi connectivity index (χ2v) is 5.83. The highest BCUT2D eigenvalue weighted by molar-refractivity contribution is 6.34. The number of methoxy groups -OCH3 is 1. The highest BCUT2D eigenvalue weighted by Gasteiger charge is 2.20. The highest BCUT2D eigenvalue weighted by Crippen LogP contribution is 2.28. The summed E-state index contributed by atoms with van der Waals surface area (Å²) in [5.74, 6) is 0.660. The topological polar surface area (TPSA) is 29.5 Å². The molecule has 0 fully saturated rings. The Labute approximate surface area is 135 Å². The van der Waals surface area contributed by atoms with Gasteiger partial charge in [-0.1, -0.05) is 29.8 Å². The lowest BCUT2D eigenvalue weighted by atomic mass is 10.0. The number of carbonyl (C=O) groups is 1. The number of hydrogen-bond donors (Lipinski definition) is 0. The van der Waals surface area contributed by atoms with E-state index in [2.05, 4.69) is 17.0 Å². The van der Waals surface area contributed by atoms with E-state index in [9.17, 15) is 4.79 Å². The summed E-state index contributed by atoms with van der Waals surface area (Å²) in [6.45, 7) is 1.23. The first-order valence-electron chi connectivity index (χ1n) is 7.38. The van der Waals surface area contributed by atoms with E-state index in [-0.39, 0.29) is 5.78 Å². The number of halogens is 1. The lowest BCUT2D eigenvalue weighted by Gasteiger charge is -2.30. The minimum Gasteiger partial charge on any atom is -0.497 e. The molecule has 0 saturated heterocycles. The Hall–Kier alpha value is -2.00. The van der Waals surface area contributed by atoms with Crippen LogP contribution < -0.4 is 9.64 Å². The number of hydrogen-bond acceptors (Lipinski definition) is 3. The van der Waals surface area contributed by atoms with Gasteiger partial charge >= 0.3 is 0 Å². The average molecular weight is 316 g/mol. The molecule has 0 N–H and O–H groups in total. The summed E-state index contributed by atoms with van der Waals surface area (Å²) in [7, 11) is 1.58. The number of anilines is 1. The van der Waals surface area contributed by atoms with Crippen LogP contribution in [0.25, 0.3) is 0 Å². The SMILES string of the molecule is COc1ccc(Cl)c(C(=O)CN2CCCc3ccccc32)c1. The maximum absolute atomic E-state index is 12.6. The first-order valence-corrected chi connectivity index (χ1v) is 7.76. The summed E-state index contributed by atoms with van der Waals surface area (Å²) in [6.07, 6.45) is 2.14. The third-order valence-electron chi connectivity index (χ3n) is 4.01. The second-order valence-electron chi connectivity index (χ2n) is 5.42. The van der Waals surface area contributed by atoms with Crippen molar-refractivity contribution in [1.82, 2.24) is 0 Å². The van der Waals surface area contributed by atoms with Crippen LogP contribution in [-0.4, -0.2) is 26.0 Å². The van der Waals surface area contributed by atoms with E-state index in [1.54, 1.807) is 25.3 Å². The normalized spacial score (nSPS) is 13.6. The smallest absolute Gasteiger partial charge is 0.183 e. The fraction of sp³-hybridized carbons (Fsp3) is 0.278. The standard InChI is InChI=1S/C18H18ClNO2/c1-22-14-8-9-16(19)15(11-14)18(21)12-20-10-4-6-13-5-2-3-7-17(13)20/h2-3,5,7-9,11H,4,6,10,12H2,1H3. The van der Waals surface area contributed by atoms with E-state index in [1.165, 1.54) is 5.56 Å². The number of ether oxygens (including phenoxy) is 1. The Morgan fingerprint density at radius 2 is 2.09 bits per heavy atom. The van der Waals surface area contributed by atoms with Gasteiger partial charge in [0.25, 0.3) is 0 Å². The van der Waals surface area contributed by atoms with Gasteiger partial charge in [0.15, 0.2) is 5.78 Å². The number of benzene rings is 2. The monoisotopic (exact) mass is 315 g/mol. The summed E-state index contributed by atoms with van der Waals surface area (Å²) in [6, 6.07) is 13.4. The van der Waals surface area contributed by atoms with Crippen LogP contribution in [0.15, 0.2) is 42.5 Å². The first kappa shape index (κ1) is 14.9. The summed E-state index contributed by atoms with van der Waals surface area (Å²) in [5.41, 5.74) is 2.98. The molecule has 0 amide bonds. The predicted octanol–water partition coefficient (Wildman–Crippen LogP) is 3.98. The zero-order valence-corrected chi connectivity index (χ0v) is 13.3. The van der Waals surface area contributed by atoms with Gasteiger partial charge in [0.05, 0.1) is 18.7 Å². The van der Waals surface area contributed by atoms with Crippen LogP contribution in [0.3, 0.4) is 0 Å². The van der Waals surface area contributed by atoms with E-state index in [0.717, 1.165) is 25.1 Å². The quantitative estimate of drug-likeness (QED) is 0.799. The van der Waals surface area contributed by atoms with Gasteiger partial charge in [-0.05, 0) is 42.7 Å². The van der Waals surface area contributed by atoms with Crippen LogP contribution in [0, 0.1) is 0 Å². The molecule has 0 radical (unpaired) electrons. The maximum Gasteiger partial charge on any atom is 0.183 e. The van der Waals surface area contributed by atoms with Gasteiger partial charge in [0.2, 0.25) is 0 Å². The zero-order valence-electron chi connectivity index (χ0n) is 12.5. The van der Waals surface area contributed by atoms with Crippen LogP contribution in [0.2, 0.25) is 5.02 Å². The Bertz CT molecular complexity index is 699. The van der Waals surface area contributed by atoms with Gasteiger partial charge in [-0.25, -0.2) is 0 Å². The summed E-state index contributed by atoms with van der Waals surface area (Å²) in [4.78, 5) is 14.8. The molecule has 3 rings (SSSR count). The highest BCUT2D eigenvalue weighted by atomic mass is 35.5. The molecular weight excluding hydrogens is 298 g/mol. The summed E-state index contributed by atoms with van der Waals surface area (Å²) < 4.78 is 5.18. The van der Waals surface area contributed by atoms with Gasteiger partial charge < -0.3 is 9.64 Å². The number of fused-ring (bicyclic) bond motifs is 1. The molecule has 0 aliphatic carbocycles. The van der Waals surface area contributed by atoms with E-state index in [4.69, 9.17) is 16.3 Å². The Kier molecular flexibility index (Phi) is 4.34. The molecule has 2 aromatic carbocycles. The third kappa shape index (κ3) is 2.95. The van der Waals surface area contributed by atoms with Gasteiger partial charge in [-0.2, -0.15) is 0 Å². The molecule has 2 aromatic rings. The number of para-hydroxylation sites is 1. The van der Waals surface area contributed by atoms with Crippen LogP contribution in [0.5, 0.6) is 5.75 Å². The minimum atomic E-state index is 0.0144. The third-order valence-corrected chi connectivity index (χ3v) is 4.34. The van der Waals surface area contributed by atoms with Gasteiger partial charge in [-0.15, -0.1) is 0 Å². The van der Waals surface area contributed by atoms with E-state index < -0.39 is 0 Å². The van der Waals surface area contributed by atoms with Crippen LogP contribution >= 0.6 is 11.6 Å². The molecule has 0 unspecified atom stereocenters. The lowest BCUT2D eigenvalue weighted by Crippen LogP contribution is -2.34. The Morgan fingerprint density at radius 3 is 2.91 bits per heavy atom. The molecule has 4 heteroatoms. The fourth-order valence-electron chi connectivity index (χ4n) is 2.88. The summed E-state index contributed by atoms with van der Waals surface area (Å²) >= 11 is 6.17. The molecule has 22 heavy (non-hydrogen) atoms. The molecule has 1 aliphatic rings. The van der Waals surface area contributed by atoms with Gasteiger partial charge in [-0.3, -0.25) is 4.79 Å².